The fraction of sp³-hybridized carbons (Fsp3) is 0.952. The highest BCUT2D eigenvalue weighted by atomic mass is 16.2. The van der Waals surface area contributed by atoms with Crippen LogP contribution in [0.3, 0.4) is 0 Å². The van der Waals surface area contributed by atoms with Crippen molar-refractivity contribution in [2.75, 3.05) is 13.1 Å². The van der Waals surface area contributed by atoms with Crippen LogP contribution in [0.4, 0.5) is 0 Å². The van der Waals surface area contributed by atoms with Crippen molar-refractivity contribution in [1.82, 2.24) is 4.90 Å². The number of hydrogen-bond donors (Lipinski definition) is 0. The van der Waals surface area contributed by atoms with Gasteiger partial charge in [0.05, 0.1) is 0 Å². The van der Waals surface area contributed by atoms with E-state index in [1.807, 2.05) is 0 Å². The van der Waals surface area contributed by atoms with Crippen LogP contribution in [0.25, 0.3) is 0 Å². The topological polar surface area (TPSA) is 20.3 Å². The van der Waals surface area contributed by atoms with Crippen molar-refractivity contribution in [2.45, 2.75) is 96.8 Å². The molecule has 2 saturated carbocycles. The molecule has 0 bridgehead atoms. The van der Waals surface area contributed by atoms with Gasteiger partial charge in [-0.2, -0.15) is 0 Å². The minimum Gasteiger partial charge on any atom is -0.342 e. The summed E-state index contributed by atoms with van der Waals surface area (Å²) >= 11 is 0. The van der Waals surface area contributed by atoms with E-state index in [-0.39, 0.29) is 0 Å². The predicted octanol–water partition coefficient (Wildman–Crippen LogP) is 5.56. The normalized spacial score (nSPS) is 30.5. The molecule has 3 aliphatic rings. The molecule has 1 amide bonds. The van der Waals surface area contributed by atoms with Crippen LogP contribution >= 0.6 is 0 Å². The molecule has 0 aromatic heterocycles. The number of nitrogens with zero attached hydrogens (tertiary/aromatic N) is 1. The number of hydrogen-bond acceptors (Lipinski definition) is 1. The van der Waals surface area contributed by atoms with E-state index in [0.717, 1.165) is 25.9 Å². The van der Waals surface area contributed by atoms with Crippen molar-refractivity contribution in [3.8, 4) is 0 Å². The third-order valence-corrected chi connectivity index (χ3v) is 7.02. The molecule has 0 N–H and O–H groups in total. The number of amides is 1. The van der Waals surface area contributed by atoms with E-state index in [9.17, 15) is 4.79 Å². The summed E-state index contributed by atoms with van der Waals surface area (Å²) in [5, 5.41) is 0. The Morgan fingerprint density at radius 2 is 1.39 bits per heavy atom. The molecule has 23 heavy (non-hydrogen) atoms. The van der Waals surface area contributed by atoms with Gasteiger partial charge in [-0.05, 0) is 56.3 Å². The number of carbonyl (C=O) groups is 1. The molecule has 1 atom stereocenters. The van der Waals surface area contributed by atoms with Crippen molar-refractivity contribution in [2.24, 2.45) is 17.3 Å². The molecular weight excluding hydrogens is 282 g/mol. The summed E-state index contributed by atoms with van der Waals surface area (Å²) in [6.07, 6.45) is 19.1. The molecular formula is C21H37NO. The molecule has 1 saturated heterocycles. The summed E-state index contributed by atoms with van der Waals surface area (Å²) in [4.78, 5) is 15.0. The van der Waals surface area contributed by atoms with Gasteiger partial charge < -0.3 is 4.90 Å². The van der Waals surface area contributed by atoms with Crippen molar-refractivity contribution < 1.29 is 4.79 Å². The monoisotopic (exact) mass is 319 g/mol. The zero-order valence-corrected chi connectivity index (χ0v) is 15.3. The molecule has 3 fully saturated rings. The fourth-order valence-corrected chi connectivity index (χ4v) is 5.51. The Labute approximate surface area is 143 Å². The SMILES string of the molecule is CC1CCN(C(=O)C2CCCC3(CCCCCCC3)CCC2)C1. The summed E-state index contributed by atoms with van der Waals surface area (Å²) in [6, 6.07) is 0. The van der Waals surface area contributed by atoms with E-state index < -0.39 is 0 Å². The lowest BCUT2D eigenvalue weighted by molar-refractivity contribution is -0.135. The van der Waals surface area contributed by atoms with Gasteiger partial charge in [0.15, 0.2) is 0 Å². The molecule has 2 heteroatoms. The zero-order valence-electron chi connectivity index (χ0n) is 15.3. The number of rotatable bonds is 1. The van der Waals surface area contributed by atoms with Gasteiger partial charge in [0, 0.05) is 19.0 Å². The van der Waals surface area contributed by atoms with Crippen LogP contribution in [0.2, 0.25) is 0 Å². The molecule has 1 spiro atoms. The highest BCUT2D eigenvalue weighted by Gasteiger charge is 2.34. The minimum atomic E-state index is 0.339. The Kier molecular flexibility index (Phi) is 6.04. The van der Waals surface area contributed by atoms with Gasteiger partial charge in [-0.15, -0.1) is 0 Å². The molecule has 2 aliphatic carbocycles. The molecule has 3 rings (SSSR count). The van der Waals surface area contributed by atoms with Crippen LogP contribution in [-0.4, -0.2) is 23.9 Å². The zero-order chi connectivity index (χ0) is 16.1. The quantitative estimate of drug-likeness (QED) is 0.620. The summed E-state index contributed by atoms with van der Waals surface area (Å²) in [5.41, 5.74) is 0.649. The lowest BCUT2D eigenvalue weighted by atomic mass is 9.67. The van der Waals surface area contributed by atoms with E-state index in [1.54, 1.807) is 0 Å². The average Bonchev–Trinajstić information content (AvgIpc) is 2.92. The van der Waals surface area contributed by atoms with Gasteiger partial charge in [-0.3, -0.25) is 4.79 Å². The molecule has 132 valence electrons. The van der Waals surface area contributed by atoms with E-state index in [1.165, 1.54) is 77.0 Å². The van der Waals surface area contributed by atoms with E-state index in [2.05, 4.69) is 11.8 Å². The van der Waals surface area contributed by atoms with E-state index in [4.69, 9.17) is 0 Å². The molecule has 0 aromatic carbocycles. The third-order valence-electron chi connectivity index (χ3n) is 7.02. The van der Waals surface area contributed by atoms with Crippen molar-refractivity contribution >= 4 is 5.91 Å². The van der Waals surface area contributed by atoms with Gasteiger partial charge in [-0.1, -0.05) is 51.9 Å². The molecule has 1 unspecified atom stereocenters. The lowest BCUT2D eigenvalue weighted by Gasteiger charge is -2.38. The first-order valence-electron chi connectivity index (χ1n) is 10.5. The molecule has 0 radical (unpaired) electrons. The van der Waals surface area contributed by atoms with E-state index >= 15 is 0 Å². The van der Waals surface area contributed by atoms with Crippen LogP contribution in [0.15, 0.2) is 0 Å². The molecule has 2 nitrogen and oxygen atoms in total. The standard InChI is InChI=1S/C21H37NO/c1-18-11-16-22(17-18)20(23)19-9-7-14-21(15-8-10-19)12-5-3-2-4-6-13-21/h18-19H,2-17H2,1H3. The lowest BCUT2D eigenvalue weighted by Crippen LogP contribution is -2.35. The van der Waals surface area contributed by atoms with Crippen molar-refractivity contribution in [3.63, 3.8) is 0 Å². The Balaban J connectivity index is 1.53. The van der Waals surface area contributed by atoms with Gasteiger partial charge >= 0.3 is 0 Å². The smallest absolute Gasteiger partial charge is 0.225 e. The van der Waals surface area contributed by atoms with Crippen LogP contribution < -0.4 is 0 Å². The maximum Gasteiger partial charge on any atom is 0.225 e. The number of carbonyl (C=O) groups excluding carboxylic acids is 1. The number of likely N-dealkylation sites (tertiary alicyclic amines) is 1. The van der Waals surface area contributed by atoms with Crippen LogP contribution in [0, 0.1) is 17.3 Å². The molecule has 1 aliphatic heterocycles. The van der Waals surface area contributed by atoms with Gasteiger partial charge in [0.25, 0.3) is 0 Å². The van der Waals surface area contributed by atoms with Crippen molar-refractivity contribution in [1.29, 1.82) is 0 Å². The van der Waals surface area contributed by atoms with Crippen LogP contribution in [0.1, 0.15) is 96.8 Å². The summed E-state index contributed by atoms with van der Waals surface area (Å²) in [6.45, 7) is 4.31. The average molecular weight is 320 g/mol. The summed E-state index contributed by atoms with van der Waals surface area (Å²) < 4.78 is 0. The van der Waals surface area contributed by atoms with Gasteiger partial charge in [0.1, 0.15) is 0 Å². The minimum absolute atomic E-state index is 0.339. The third kappa shape index (κ3) is 4.51. The highest BCUT2D eigenvalue weighted by molar-refractivity contribution is 5.79. The maximum atomic E-state index is 12.8. The van der Waals surface area contributed by atoms with Crippen LogP contribution in [0.5, 0.6) is 0 Å². The summed E-state index contributed by atoms with van der Waals surface area (Å²) in [5.74, 6) is 1.54. The maximum absolute atomic E-state index is 12.8. The van der Waals surface area contributed by atoms with Crippen molar-refractivity contribution in [3.05, 3.63) is 0 Å². The van der Waals surface area contributed by atoms with Crippen LogP contribution in [-0.2, 0) is 4.79 Å². The molecule has 1 heterocycles. The Morgan fingerprint density at radius 3 is 1.96 bits per heavy atom. The van der Waals surface area contributed by atoms with Gasteiger partial charge in [-0.25, -0.2) is 0 Å². The predicted molar refractivity (Wildman–Crippen MR) is 96.3 cm³/mol. The first kappa shape index (κ1) is 17.3. The highest BCUT2D eigenvalue weighted by Crippen LogP contribution is 2.45. The molecule has 0 aromatic rings. The van der Waals surface area contributed by atoms with Gasteiger partial charge in [0.2, 0.25) is 5.91 Å². The first-order chi connectivity index (χ1) is 11.2. The second-order valence-electron chi connectivity index (χ2n) is 8.93. The van der Waals surface area contributed by atoms with E-state index in [0.29, 0.717) is 23.2 Å². The second kappa shape index (κ2) is 8.03. The largest absolute Gasteiger partial charge is 0.342 e. The summed E-state index contributed by atoms with van der Waals surface area (Å²) in [7, 11) is 0. The first-order valence-corrected chi connectivity index (χ1v) is 10.5. The Bertz CT molecular complexity index is 371. The Hall–Kier alpha value is -0.530. The second-order valence-corrected chi connectivity index (χ2v) is 8.93. The Morgan fingerprint density at radius 1 is 0.826 bits per heavy atom. The fourth-order valence-electron chi connectivity index (χ4n) is 5.51.